The van der Waals surface area contributed by atoms with Crippen LogP contribution in [0.3, 0.4) is 0 Å². The number of allylic oxidation sites excluding steroid dienone is 1. The lowest BCUT2D eigenvalue weighted by Gasteiger charge is -2.20. The van der Waals surface area contributed by atoms with Crippen molar-refractivity contribution in [2.24, 2.45) is 5.73 Å². The Morgan fingerprint density at radius 2 is 1.93 bits per heavy atom. The van der Waals surface area contributed by atoms with Gasteiger partial charge in [0.2, 0.25) is 0 Å². The lowest BCUT2D eigenvalue weighted by Crippen LogP contribution is -2.42. The fourth-order valence-electron chi connectivity index (χ4n) is 1.81. The third-order valence-electron chi connectivity index (χ3n) is 2.67. The normalized spacial score (nSPS) is 23.2. The maximum atomic E-state index is 11.9. The molecule has 0 aliphatic heterocycles. The summed E-state index contributed by atoms with van der Waals surface area (Å²) in [5.41, 5.74) is 6.06. The smallest absolute Gasteiger partial charge is 0.177 e. The topological polar surface area (TPSA) is 43.1 Å². The van der Waals surface area contributed by atoms with Crippen LogP contribution in [0, 0.1) is 0 Å². The maximum absolute atomic E-state index is 11.9. The molecular weight excluding hydrogens is 174 g/mol. The zero-order chi connectivity index (χ0) is 10.6. The standard InChI is InChI=1S/C12H21NO/c1-12(2,13)11(14)10-8-6-4-3-5-7-9-10/h8H,3-7,9,13H2,1-2H3/b10-8+. The van der Waals surface area contributed by atoms with Crippen LogP contribution in [0.1, 0.15) is 52.4 Å². The second-order valence-corrected chi connectivity index (χ2v) is 4.73. The summed E-state index contributed by atoms with van der Waals surface area (Å²) in [7, 11) is 0. The van der Waals surface area contributed by atoms with Gasteiger partial charge in [-0.2, -0.15) is 0 Å². The third kappa shape index (κ3) is 3.26. The van der Waals surface area contributed by atoms with Gasteiger partial charge in [0, 0.05) is 0 Å². The van der Waals surface area contributed by atoms with Gasteiger partial charge in [0.05, 0.1) is 5.54 Å². The minimum absolute atomic E-state index is 0.124. The van der Waals surface area contributed by atoms with Crippen molar-refractivity contribution < 1.29 is 4.79 Å². The molecule has 0 radical (unpaired) electrons. The van der Waals surface area contributed by atoms with Crippen LogP contribution in [-0.4, -0.2) is 11.3 Å². The summed E-state index contributed by atoms with van der Waals surface area (Å²) in [6, 6.07) is 0. The van der Waals surface area contributed by atoms with E-state index in [1.807, 2.05) is 0 Å². The van der Waals surface area contributed by atoms with E-state index in [9.17, 15) is 4.79 Å². The highest BCUT2D eigenvalue weighted by Gasteiger charge is 2.25. The van der Waals surface area contributed by atoms with E-state index in [0.717, 1.165) is 24.8 Å². The van der Waals surface area contributed by atoms with Crippen molar-refractivity contribution >= 4 is 5.78 Å². The molecule has 80 valence electrons. The third-order valence-corrected chi connectivity index (χ3v) is 2.67. The molecule has 0 saturated carbocycles. The lowest BCUT2D eigenvalue weighted by atomic mass is 9.89. The second-order valence-electron chi connectivity index (χ2n) is 4.73. The second kappa shape index (κ2) is 4.74. The summed E-state index contributed by atoms with van der Waals surface area (Å²) in [6.45, 7) is 3.57. The highest BCUT2D eigenvalue weighted by atomic mass is 16.1. The van der Waals surface area contributed by atoms with Crippen LogP contribution in [0.5, 0.6) is 0 Å². The first-order valence-electron chi connectivity index (χ1n) is 5.54. The van der Waals surface area contributed by atoms with E-state index in [1.165, 1.54) is 19.3 Å². The average molecular weight is 195 g/mol. The Morgan fingerprint density at radius 1 is 1.29 bits per heavy atom. The summed E-state index contributed by atoms with van der Waals surface area (Å²) in [5.74, 6) is 0.124. The highest BCUT2D eigenvalue weighted by Crippen LogP contribution is 2.20. The fourth-order valence-corrected chi connectivity index (χ4v) is 1.81. The molecule has 0 saturated heterocycles. The van der Waals surface area contributed by atoms with Gasteiger partial charge < -0.3 is 5.73 Å². The number of hydrogen-bond donors (Lipinski definition) is 1. The zero-order valence-corrected chi connectivity index (χ0v) is 9.31. The molecule has 0 aromatic heterocycles. The van der Waals surface area contributed by atoms with Crippen LogP contribution < -0.4 is 5.73 Å². The van der Waals surface area contributed by atoms with Crippen LogP contribution in [0.25, 0.3) is 0 Å². The predicted octanol–water partition coefficient (Wildman–Crippen LogP) is 2.57. The van der Waals surface area contributed by atoms with Crippen LogP contribution >= 0.6 is 0 Å². The Hall–Kier alpha value is -0.630. The Morgan fingerprint density at radius 3 is 2.57 bits per heavy atom. The molecule has 2 heteroatoms. The van der Waals surface area contributed by atoms with Crippen LogP contribution in [0.4, 0.5) is 0 Å². The molecular formula is C12H21NO. The molecule has 1 aliphatic rings. The van der Waals surface area contributed by atoms with Crippen LogP contribution in [-0.2, 0) is 4.79 Å². The van der Waals surface area contributed by atoms with E-state index in [0.29, 0.717) is 0 Å². The number of rotatable bonds is 2. The molecule has 0 aromatic carbocycles. The van der Waals surface area contributed by atoms with Gasteiger partial charge in [0.25, 0.3) is 0 Å². The molecule has 2 N–H and O–H groups in total. The van der Waals surface area contributed by atoms with Gasteiger partial charge in [-0.05, 0) is 45.1 Å². The quantitative estimate of drug-likeness (QED) is 0.736. The van der Waals surface area contributed by atoms with Gasteiger partial charge >= 0.3 is 0 Å². The van der Waals surface area contributed by atoms with Gasteiger partial charge in [-0.1, -0.05) is 18.9 Å². The van der Waals surface area contributed by atoms with Gasteiger partial charge in [-0.15, -0.1) is 0 Å². The molecule has 0 unspecified atom stereocenters. The highest BCUT2D eigenvalue weighted by molar-refractivity contribution is 6.01. The van der Waals surface area contributed by atoms with Crippen LogP contribution in [0.2, 0.25) is 0 Å². The number of hydrogen-bond acceptors (Lipinski definition) is 2. The molecule has 0 amide bonds. The molecule has 14 heavy (non-hydrogen) atoms. The summed E-state index contributed by atoms with van der Waals surface area (Å²) in [4.78, 5) is 11.9. The van der Waals surface area contributed by atoms with Gasteiger partial charge in [0.1, 0.15) is 0 Å². The van der Waals surface area contributed by atoms with Crippen molar-refractivity contribution in [2.75, 3.05) is 0 Å². The summed E-state index contributed by atoms with van der Waals surface area (Å²) in [6.07, 6.45) is 8.93. The van der Waals surface area contributed by atoms with E-state index < -0.39 is 5.54 Å². The van der Waals surface area contributed by atoms with Gasteiger partial charge in [0.15, 0.2) is 5.78 Å². The molecule has 0 atom stereocenters. The van der Waals surface area contributed by atoms with Gasteiger partial charge in [-0.25, -0.2) is 0 Å². The molecule has 1 aliphatic carbocycles. The molecule has 0 heterocycles. The molecule has 0 fully saturated rings. The Balaban J connectivity index is 2.69. The van der Waals surface area contributed by atoms with Crippen molar-refractivity contribution in [2.45, 2.75) is 57.9 Å². The first-order valence-corrected chi connectivity index (χ1v) is 5.54. The maximum Gasteiger partial charge on any atom is 0.177 e. The minimum atomic E-state index is -0.703. The monoisotopic (exact) mass is 195 g/mol. The molecule has 2 nitrogen and oxygen atoms in total. The van der Waals surface area contributed by atoms with Gasteiger partial charge in [-0.3, -0.25) is 4.79 Å². The van der Waals surface area contributed by atoms with Crippen molar-refractivity contribution in [1.82, 2.24) is 0 Å². The van der Waals surface area contributed by atoms with Crippen molar-refractivity contribution in [3.05, 3.63) is 11.6 Å². The first-order chi connectivity index (χ1) is 6.52. The largest absolute Gasteiger partial charge is 0.319 e. The lowest BCUT2D eigenvalue weighted by molar-refractivity contribution is -0.119. The SMILES string of the molecule is CC(C)(N)C(=O)/C1=C/CCCCCC1. The van der Waals surface area contributed by atoms with E-state index in [2.05, 4.69) is 6.08 Å². The fraction of sp³-hybridized carbons (Fsp3) is 0.750. The van der Waals surface area contributed by atoms with Crippen molar-refractivity contribution in [3.63, 3.8) is 0 Å². The predicted molar refractivity (Wildman–Crippen MR) is 59.1 cm³/mol. The molecule has 0 bridgehead atoms. The van der Waals surface area contributed by atoms with Crippen molar-refractivity contribution in [1.29, 1.82) is 0 Å². The summed E-state index contributed by atoms with van der Waals surface area (Å²) in [5, 5.41) is 0. The number of nitrogens with two attached hydrogens (primary N) is 1. The number of Topliss-reactive ketones (excluding diaryl/α,β-unsaturated/α-hetero) is 1. The average Bonchev–Trinajstić information content (AvgIpc) is 2.00. The van der Waals surface area contributed by atoms with Crippen LogP contribution in [0.15, 0.2) is 11.6 Å². The molecule has 0 aromatic rings. The Labute approximate surface area is 86.6 Å². The van der Waals surface area contributed by atoms with E-state index in [1.54, 1.807) is 13.8 Å². The first kappa shape index (κ1) is 11.4. The summed E-state index contributed by atoms with van der Waals surface area (Å²) < 4.78 is 0. The number of carbonyl (C=O) groups excluding carboxylic acids is 1. The zero-order valence-electron chi connectivity index (χ0n) is 9.31. The minimum Gasteiger partial charge on any atom is -0.319 e. The summed E-state index contributed by atoms with van der Waals surface area (Å²) >= 11 is 0. The van der Waals surface area contributed by atoms with E-state index in [4.69, 9.17) is 5.73 Å². The van der Waals surface area contributed by atoms with E-state index >= 15 is 0 Å². The number of ketones is 1. The number of carbonyl (C=O) groups is 1. The molecule has 1 rings (SSSR count). The Bertz CT molecular complexity index is 235. The van der Waals surface area contributed by atoms with E-state index in [-0.39, 0.29) is 5.78 Å². The van der Waals surface area contributed by atoms with Crippen molar-refractivity contribution in [3.8, 4) is 0 Å². The molecule has 0 spiro atoms. The Kier molecular flexibility index (Phi) is 3.87.